The van der Waals surface area contributed by atoms with Crippen molar-refractivity contribution >= 4 is 43.5 Å². The molecular weight excluding hydrogens is 638 g/mol. The van der Waals surface area contributed by atoms with Crippen molar-refractivity contribution in [1.82, 2.24) is 10.2 Å². The van der Waals surface area contributed by atoms with Crippen molar-refractivity contribution in [2.75, 3.05) is 10.8 Å². The van der Waals surface area contributed by atoms with Crippen LogP contribution in [0.2, 0.25) is 0 Å². The van der Waals surface area contributed by atoms with E-state index >= 15 is 0 Å². The van der Waals surface area contributed by atoms with Crippen molar-refractivity contribution in [3.8, 4) is 0 Å². The number of amides is 2. The van der Waals surface area contributed by atoms with Crippen LogP contribution >= 0.6 is 15.9 Å². The number of nitrogens with one attached hydrogen (secondary N) is 1. The summed E-state index contributed by atoms with van der Waals surface area (Å²) in [4.78, 5) is 30.1. The molecule has 4 aromatic rings. The average Bonchev–Trinajstić information content (AvgIpc) is 2.99. The van der Waals surface area contributed by atoms with Gasteiger partial charge in [-0.15, -0.1) is 0 Å². The van der Waals surface area contributed by atoms with E-state index in [1.54, 1.807) is 42.5 Å². The number of nitrogens with zero attached hydrogens (tertiary/aromatic N) is 2. The molecule has 0 spiro atoms. The normalized spacial score (nSPS) is 12.3. The number of hydrogen-bond donors (Lipinski definition) is 1. The van der Waals surface area contributed by atoms with Gasteiger partial charge in [0.2, 0.25) is 11.8 Å². The first-order chi connectivity index (χ1) is 20.8. The third kappa shape index (κ3) is 8.57. The molecule has 0 aliphatic carbocycles. The zero-order chi connectivity index (χ0) is 31.9. The van der Waals surface area contributed by atoms with Crippen molar-refractivity contribution in [2.24, 2.45) is 0 Å². The first kappa shape index (κ1) is 33.0. The highest BCUT2D eigenvalue weighted by atomic mass is 79.9. The van der Waals surface area contributed by atoms with Crippen molar-refractivity contribution in [3.05, 3.63) is 130 Å². The maximum Gasteiger partial charge on any atom is 0.264 e. The summed E-state index contributed by atoms with van der Waals surface area (Å²) in [5.41, 5.74) is 2.49. The van der Waals surface area contributed by atoms with Gasteiger partial charge in [-0.1, -0.05) is 88.7 Å². The number of carbonyl (C=O) groups excluding carboxylic acids is 2. The molecule has 0 aliphatic heterocycles. The predicted molar refractivity (Wildman–Crippen MR) is 179 cm³/mol. The number of carbonyl (C=O) groups is 2. The number of benzene rings is 4. The molecule has 2 amide bonds. The van der Waals surface area contributed by atoms with Gasteiger partial charge < -0.3 is 10.2 Å². The van der Waals surface area contributed by atoms with E-state index in [0.29, 0.717) is 5.69 Å². The minimum atomic E-state index is -4.14. The summed E-state index contributed by atoms with van der Waals surface area (Å²) in [6, 6.07) is 31.1. The van der Waals surface area contributed by atoms with E-state index in [1.807, 2.05) is 82.3 Å². The number of hydrogen-bond acceptors (Lipinski definition) is 4. The van der Waals surface area contributed by atoms with Crippen LogP contribution < -0.4 is 9.62 Å². The van der Waals surface area contributed by atoms with Crippen LogP contribution in [0.1, 0.15) is 37.5 Å². The number of halogens is 1. The van der Waals surface area contributed by atoms with Gasteiger partial charge in [0.05, 0.1) is 10.6 Å². The Morgan fingerprint density at radius 3 is 1.98 bits per heavy atom. The summed E-state index contributed by atoms with van der Waals surface area (Å²) in [5, 5.41) is 3.05. The molecule has 0 fully saturated rings. The Kier molecular flexibility index (Phi) is 10.7. The van der Waals surface area contributed by atoms with Crippen molar-refractivity contribution in [1.29, 1.82) is 0 Å². The van der Waals surface area contributed by atoms with E-state index in [9.17, 15) is 18.0 Å². The topological polar surface area (TPSA) is 86.8 Å². The van der Waals surface area contributed by atoms with Crippen molar-refractivity contribution in [2.45, 2.75) is 57.1 Å². The Morgan fingerprint density at radius 1 is 0.818 bits per heavy atom. The molecule has 230 valence electrons. The van der Waals surface area contributed by atoms with Crippen LogP contribution in [-0.4, -0.2) is 43.3 Å². The molecule has 4 rings (SSSR count). The largest absolute Gasteiger partial charge is 0.350 e. The van der Waals surface area contributed by atoms with Crippen molar-refractivity contribution < 1.29 is 18.0 Å². The van der Waals surface area contributed by atoms with E-state index in [-0.39, 0.29) is 23.8 Å². The summed E-state index contributed by atoms with van der Waals surface area (Å²) in [6.07, 6.45) is 0.254. The molecule has 4 aromatic carbocycles. The Morgan fingerprint density at radius 2 is 1.39 bits per heavy atom. The molecule has 0 saturated carbocycles. The van der Waals surface area contributed by atoms with Crippen LogP contribution in [0.4, 0.5) is 5.69 Å². The fraction of sp³-hybridized carbons (Fsp3) is 0.257. The van der Waals surface area contributed by atoms with Crippen LogP contribution in [0.5, 0.6) is 0 Å². The summed E-state index contributed by atoms with van der Waals surface area (Å²) >= 11 is 3.41. The predicted octanol–water partition coefficient (Wildman–Crippen LogP) is 6.51. The van der Waals surface area contributed by atoms with E-state index in [1.165, 1.54) is 17.0 Å². The van der Waals surface area contributed by atoms with Crippen LogP contribution in [0, 0.1) is 6.92 Å². The van der Waals surface area contributed by atoms with Gasteiger partial charge in [0.1, 0.15) is 12.6 Å². The second kappa shape index (κ2) is 14.2. The molecule has 1 atom stereocenters. The second-order valence-corrected chi connectivity index (χ2v) is 14.5. The molecule has 0 aromatic heterocycles. The molecule has 7 nitrogen and oxygen atoms in total. The lowest BCUT2D eigenvalue weighted by molar-refractivity contribution is -0.140. The summed E-state index contributed by atoms with van der Waals surface area (Å²) in [6.45, 7) is 7.24. The number of anilines is 1. The molecule has 0 unspecified atom stereocenters. The Balaban J connectivity index is 1.82. The van der Waals surface area contributed by atoms with Crippen LogP contribution in [0.3, 0.4) is 0 Å². The zero-order valence-corrected chi connectivity index (χ0v) is 27.8. The molecule has 0 bridgehead atoms. The lowest BCUT2D eigenvalue weighted by Crippen LogP contribution is -2.56. The van der Waals surface area contributed by atoms with Gasteiger partial charge in [-0.05, 0) is 80.8 Å². The molecule has 0 aliphatic rings. The average molecular weight is 677 g/mol. The molecule has 44 heavy (non-hydrogen) atoms. The highest BCUT2D eigenvalue weighted by Gasteiger charge is 2.35. The van der Waals surface area contributed by atoms with E-state index in [4.69, 9.17) is 0 Å². The Labute approximate surface area is 269 Å². The third-order valence-corrected chi connectivity index (χ3v) is 9.41. The third-order valence-electron chi connectivity index (χ3n) is 7.10. The molecular formula is C35H38BrN3O4S. The van der Waals surface area contributed by atoms with Gasteiger partial charge in [0, 0.05) is 23.0 Å². The minimum absolute atomic E-state index is 0.0625. The number of aryl methyl sites for hydroxylation is 1. The first-order valence-corrected chi connectivity index (χ1v) is 16.6. The Hall–Kier alpha value is -3.95. The standard InChI is InChI=1S/C35H38BrN3O4S/c1-26-13-11-12-16-28(26)24-38(32(34(41)37-35(2,3)4)23-27-14-7-5-8-15-27)33(40)25-39(30-21-19-29(36)20-22-30)44(42,43)31-17-9-6-10-18-31/h5-22,32H,23-25H2,1-4H3,(H,37,41)/t32-/m0/s1. The minimum Gasteiger partial charge on any atom is -0.350 e. The lowest BCUT2D eigenvalue weighted by Gasteiger charge is -2.35. The summed E-state index contributed by atoms with van der Waals surface area (Å²) < 4.78 is 30.0. The monoisotopic (exact) mass is 675 g/mol. The number of rotatable bonds is 11. The van der Waals surface area contributed by atoms with Gasteiger partial charge in [-0.3, -0.25) is 13.9 Å². The zero-order valence-electron chi connectivity index (χ0n) is 25.4. The smallest absolute Gasteiger partial charge is 0.264 e. The van der Waals surface area contributed by atoms with Crippen LogP contribution in [0.15, 0.2) is 119 Å². The van der Waals surface area contributed by atoms with Crippen molar-refractivity contribution in [3.63, 3.8) is 0 Å². The molecule has 0 radical (unpaired) electrons. The summed E-state index contributed by atoms with van der Waals surface area (Å²) in [7, 11) is -4.14. The SMILES string of the molecule is Cc1ccccc1CN(C(=O)CN(c1ccc(Br)cc1)S(=O)(=O)c1ccccc1)[C@@H](Cc1ccccc1)C(=O)NC(C)(C)C. The summed E-state index contributed by atoms with van der Waals surface area (Å²) in [5.74, 6) is -0.815. The number of sulfonamides is 1. The van der Waals surface area contributed by atoms with Crippen LogP contribution in [-0.2, 0) is 32.6 Å². The van der Waals surface area contributed by atoms with Gasteiger partial charge >= 0.3 is 0 Å². The second-order valence-electron chi connectivity index (χ2n) is 11.7. The van der Waals surface area contributed by atoms with E-state index in [0.717, 1.165) is 25.5 Å². The van der Waals surface area contributed by atoms with E-state index in [2.05, 4.69) is 21.2 Å². The highest BCUT2D eigenvalue weighted by Crippen LogP contribution is 2.27. The van der Waals surface area contributed by atoms with E-state index < -0.39 is 34.1 Å². The molecule has 0 heterocycles. The quantitative estimate of drug-likeness (QED) is 0.196. The maximum absolute atomic E-state index is 14.5. The van der Waals surface area contributed by atoms with Gasteiger partial charge in [0.15, 0.2) is 0 Å². The Bertz CT molecular complexity index is 1670. The lowest BCUT2D eigenvalue weighted by atomic mass is 10.00. The van der Waals surface area contributed by atoms with Crippen LogP contribution in [0.25, 0.3) is 0 Å². The first-order valence-electron chi connectivity index (χ1n) is 14.4. The molecule has 9 heteroatoms. The molecule has 1 N–H and O–H groups in total. The fourth-order valence-electron chi connectivity index (χ4n) is 4.83. The fourth-order valence-corrected chi connectivity index (χ4v) is 6.53. The van der Waals surface area contributed by atoms with Gasteiger partial charge in [0.25, 0.3) is 10.0 Å². The highest BCUT2D eigenvalue weighted by molar-refractivity contribution is 9.10. The maximum atomic E-state index is 14.5. The molecule has 0 saturated heterocycles. The van der Waals surface area contributed by atoms with Gasteiger partial charge in [-0.25, -0.2) is 8.42 Å². The van der Waals surface area contributed by atoms with Gasteiger partial charge in [-0.2, -0.15) is 0 Å².